The van der Waals surface area contributed by atoms with Gasteiger partial charge in [0.15, 0.2) is 0 Å². The number of nitrogen functional groups attached to an aromatic ring is 2. The molecule has 0 bridgehead atoms. The normalized spacial score (nSPS) is 11.7. The van der Waals surface area contributed by atoms with Crippen LogP contribution in [-0.2, 0) is 0 Å². The summed E-state index contributed by atoms with van der Waals surface area (Å²) < 4.78 is 2.21. The van der Waals surface area contributed by atoms with Crippen LogP contribution in [0.25, 0.3) is 118 Å². The van der Waals surface area contributed by atoms with E-state index in [0.717, 1.165) is 64.1 Å². The zero-order valence-electron chi connectivity index (χ0n) is 33.3. The summed E-state index contributed by atoms with van der Waals surface area (Å²) in [5, 5.41) is 9.20. The van der Waals surface area contributed by atoms with Gasteiger partial charge < -0.3 is 11.5 Å². The van der Waals surface area contributed by atoms with E-state index in [9.17, 15) is 0 Å². The average Bonchev–Trinajstić information content (AvgIpc) is 3.95. The zero-order chi connectivity index (χ0) is 41.3. The van der Waals surface area contributed by atoms with Gasteiger partial charge in [-0.3, -0.25) is 0 Å². The van der Waals surface area contributed by atoms with Crippen molar-refractivity contribution < 1.29 is 0 Å². The van der Waals surface area contributed by atoms with Gasteiger partial charge in [-0.2, -0.15) is 0 Å². The number of aromatic nitrogens is 2. The number of nitrogens with two attached hydrogens (primary N) is 2. The highest BCUT2D eigenvalue weighted by Gasteiger charge is 2.26. The molecule has 0 atom stereocenters. The average molecular weight is 829 g/mol. The Balaban J connectivity index is 1.19. The van der Waals surface area contributed by atoms with Gasteiger partial charge >= 0.3 is 0 Å². The van der Waals surface area contributed by atoms with E-state index in [1.807, 2.05) is 30.3 Å². The highest BCUT2D eigenvalue weighted by molar-refractivity contribution is 7.22. The molecule has 4 nitrogen and oxygen atoms in total. The van der Waals surface area contributed by atoms with Gasteiger partial charge in [0.2, 0.25) is 0 Å². The lowest BCUT2D eigenvalue weighted by Crippen LogP contribution is -1.97. The standard InChI is InChI=1S/C56H36N4S2/c57-39-28-30-47-46(31-39)60-56(61-47)38-25-21-36(22-26-38)52-44-18-10-9-17-43(44)51(35-19-23-37(24-20-35)55-59-45-29-27-40(58)32-48(45)62-55)53-49(33-11-3-1-4-12-33)41-15-7-8-16-42(41)50(54(52)53)34-13-5-2-6-14-34/h1-32H,57-58H2. The summed E-state index contributed by atoms with van der Waals surface area (Å²) in [5.41, 5.74) is 27.3. The summed E-state index contributed by atoms with van der Waals surface area (Å²) in [7, 11) is 0. The van der Waals surface area contributed by atoms with Crippen molar-refractivity contribution in [3.63, 3.8) is 0 Å². The maximum Gasteiger partial charge on any atom is 0.124 e. The summed E-state index contributed by atoms with van der Waals surface area (Å²) in [6, 6.07) is 69.6. The predicted molar refractivity (Wildman–Crippen MR) is 267 cm³/mol. The lowest BCUT2D eigenvalue weighted by Gasteiger charge is -2.25. The van der Waals surface area contributed by atoms with Gasteiger partial charge in [-0.15, -0.1) is 22.7 Å². The van der Waals surface area contributed by atoms with Crippen LogP contribution in [0.4, 0.5) is 11.4 Å². The fraction of sp³-hybridized carbons (Fsp3) is 0. The van der Waals surface area contributed by atoms with Crippen LogP contribution in [0.5, 0.6) is 0 Å². The third kappa shape index (κ3) is 5.95. The van der Waals surface area contributed by atoms with E-state index in [1.165, 1.54) is 65.7 Å². The van der Waals surface area contributed by atoms with Crippen LogP contribution in [0.3, 0.4) is 0 Å². The monoisotopic (exact) mass is 828 g/mol. The third-order valence-electron chi connectivity index (χ3n) is 12.0. The first-order chi connectivity index (χ1) is 30.6. The Morgan fingerprint density at radius 3 is 1.16 bits per heavy atom. The van der Waals surface area contributed by atoms with E-state index in [2.05, 4.69) is 164 Å². The fourth-order valence-corrected chi connectivity index (χ4v) is 11.2. The van der Waals surface area contributed by atoms with Crippen LogP contribution in [-0.4, -0.2) is 9.97 Å². The second-order valence-electron chi connectivity index (χ2n) is 15.7. The van der Waals surface area contributed by atoms with Crippen LogP contribution in [0, 0.1) is 0 Å². The molecule has 2 heterocycles. The van der Waals surface area contributed by atoms with Crippen molar-refractivity contribution in [2.75, 3.05) is 11.5 Å². The third-order valence-corrected chi connectivity index (χ3v) is 14.1. The topological polar surface area (TPSA) is 77.8 Å². The Hall–Kier alpha value is -7.64. The van der Waals surface area contributed by atoms with E-state index in [-0.39, 0.29) is 0 Å². The van der Waals surface area contributed by atoms with Gasteiger partial charge in [0.1, 0.15) is 10.0 Å². The molecule has 292 valence electrons. The molecular formula is C56H36N4S2. The Morgan fingerprint density at radius 1 is 0.306 bits per heavy atom. The SMILES string of the molecule is Nc1ccc2sc(-c3ccc(-c4c5ccccc5c(-c5ccc(-c6nc7ccc(N)cc7s6)cc5)c5c(-c6ccccc6)c6ccccc6c(-c6ccccc6)c45)cc3)nc2c1. The van der Waals surface area contributed by atoms with Crippen LogP contribution >= 0.6 is 22.7 Å². The number of thiazole rings is 2. The minimum atomic E-state index is 0.721. The molecule has 0 radical (unpaired) electrons. The van der Waals surface area contributed by atoms with E-state index in [1.54, 1.807) is 22.7 Å². The van der Waals surface area contributed by atoms with Gasteiger partial charge in [-0.25, -0.2) is 9.97 Å². The molecule has 10 aromatic carbocycles. The zero-order valence-corrected chi connectivity index (χ0v) is 35.0. The Kier molecular flexibility index (Phi) is 8.49. The van der Waals surface area contributed by atoms with Gasteiger partial charge in [0.05, 0.1) is 20.4 Å². The fourth-order valence-electron chi connectivity index (χ4n) is 9.23. The molecule has 0 aliphatic carbocycles. The Bertz CT molecular complexity index is 3440. The molecule has 0 amide bonds. The largest absolute Gasteiger partial charge is 0.399 e. The number of hydrogen-bond donors (Lipinski definition) is 2. The van der Waals surface area contributed by atoms with Gasteiger partial charge in [-0.1, -0.05) is 158 Å². The van der Waals surface area contributed by atoms with Gasteiger partial charge in [0, 0.05) is 22.5 Å². The van der Waals surface area contributed by atoms with Crippen molar-refractivity contribution in [3.8, 4) is 65.6 Å². The number of rotatable bonds is 6. The van der Waals surface area contributed by atoms with Crippen molar-refractivity contribution >= 4 is 86.8 Å². The number of nitrogens with zero attached hydrogens (tertiary/aromatic N) is 2. The van der Waals surface area contributed by atoms with E-state index in [0.29, 0.717) is 0 Å². The highest BCUT2D eigenvalue weighted by atomic mass is 32.1. The molecule has 0 spiro atoms. The van der Waals surface area contributed by atoms with Crippen LogP contribution in [0.15, 0.2) is 194 Å². The van der Waals surface area contributed by atoms with Gasteiger partial charge in [0.25, 0.3) is 0 Å². The number of fused-ring (bicyclic) bond motifs is 5. The first-order valence-corrected chi connectivity index (χ1v) is 22.3. The van der Waals surface area contributed by atoms with Crippen molar-refractivity contribution in [3.05, 3.63) is 194 Å². The lowest BCUT2D eigenvalue weighted by molar-refractivity contribution is 1.48. The molecule has 0 aliphatic rings. The molecule has 0 saturated carbocycles. The van der Waals surface area contributed by atoms with Crippen molar-refractivity contribution in [2.24, 2.45) is 0 Å². The van der Waals surface area contributed by atoms with E-state index < -0.39 is 0 Å². The molecule has 0 aliphatic heterocycles. The summed E-state index contributed by atoms with van der Waals surface area (Å²) in [6.07, 6.45) is 0. The smallest absolute Gasteiger partial charge is 0.124 e. The molecule has 62 heavy (non-hydrogen) atoms. The number of benzene rings is 10. The second-order valence-corrected chi connectivity index (χ2v) is 17.8. The second kappa shape index (κ2) is 14.5. The maximum atomic E-state index is 6.15. The molecule has 4 N–H and O–H groups in total. The molecular weight excluding hydrogens is 793 g/mol. The molecule has 0 saturated heterocycles. The molecule has 12 rings (SSSR count). The van der Waals surface area contributed by atoms with Crippen LogP contribution in [0.1, 0.15) is 0 Å². The quantitative estimate of drug-likeness (QED) is 0.129. The van der Waals surface area contributed by atoms with Crippen molar-refractivity contribution in [1.29, 1.82) is 0 Å². The molecule has 6 heteroatoms. The molecule has 2 aromatic heterocycles. The highest BCUT2D eigenvalue weighted by Crippen LogP contribution is 2.54. The Labute approximate surface area is 366 Å². The van der Waals surface area contributed by atoms with E-state index in [4.69, 9.17) is 21.4 Å². The summed E-state index contributed by atoms with van der Waals surface area (Å²) in [5.74, 6) is 0. The number of hydrogen-bond acceptors (Lipinski definition) is 6. The first kappa shape index (κ1) is 36.2. The van der Waals surface area contributed by atoms with Crippen molar-refractivity contribution in [1.82, 2.24) is 9.97 Å². The molecule has 0 unspecified atom stereocenters. The minimum absolute atomic E-state index is 0.721. The Morgan fingerprint density at radius 2 is 0.677 bits per heavy atom. The van der Waals surface area contributed by atoms with Crippen LogP contribution in [0.2, 0.25) is 0 Å². The minimum Gasteiger partial charge on any atom is -0.399 e. The predicted octanol–water partition coefficient (Wildman–Crippen LogP) is 15.5. The lowest BCUT2D eigenvalue weighted by atomic mass is 9.77. The molecule has 12 aromatic rings. The van der Waals surface area contributed by atoms with E-state index >= 15 is 0 Å². The van der Waals surface area contributed by atoms with Crippen LogP contribution < -0.4 is 11.5 Å². The van der Waals surface area contributed by atoms with Crippen molar-refractivity contribution in [2.45, 2.75) is 0 Å². The summed E-state index contributed by atoms with van der Waals surface area (Å²) in [6.45, 7) is 0. The first-order valence-electron chi connectivity index (χ1n) is 20.6. The number of anilines is 2. The maximum absolute atomic E-state index is 6.15. The molecule has 0 fully saturated rings. The summed E-state index contributed by atoms with van der Waals surface area (Å²) >= 11 is 3.37. The van der Waals surface area contributed by atoms with Gasteiger partial charge in [-0.05, 0) is 113 Å². The summed E-state index contributed by atoms with van der Waals surface area (Å²) in [4.78, 5) is 9.99.